The summed E-state index contributed by atoms with van der Waals surface area (Å²) in [5.41, 5.74) is 3.68. The Bertz CT molecular complexity index is 1600. The van der Waals surface area contributed by atoms with E-state index in [-0.39, 0.29) is 43.6 Å². The van der Waals surface area contributed by atoms with Gasteiger partial charge in [0.1, 0.15) is 5.37 Å². The zero-order chi connectivity index (χ0) is 31.9. The minimum atomic E-state index is -0.413. The molecule has 5 heterocycles. The van der Waals surface area contributed by atoms with Gasteiger partial charge >= 0.3 is 5.69 Å². The molecule has 1 aromatic carbocycles. The van der Waals surface area contributed by atoms with Gasteiger partial charge < -0.3 is 19.6 Å². The molecule has 2 unspecified atom stereocenters. The number of likely N-dealkylation sites (N-methyl/N-ethyl adjacent to an activating group) is 1. The van der Waals surface area contributed by atoms with Crippen LogP contribution in [-0.4, -0.2) is 99.2 Å². The van der Waals surface area contributed by atoms with E-state index >= 15 is 0 Å². The van der Waals surface area contributed by atoms with Crippen LogP contribution in [0.2, 0.25) is 0 Å². The number of para-hydroxylation sites is 1. The molecule has 3 aromatic rings. The number of benzene rings is 1. The molecule has 0 aliphatic carbocycles. The molecule has 10 nitrogen and oxygen atoms in total. The number of imidazole rings is 1. The monoisotopic (exact) mass is 637 g/mol. The van der Waals surface area contributed by atoms with Gasteiger partial charge in [-0.1, -0.05) is 39.0 Å². The van der Waals surface area contributed by atoms with Crippen LogP contribution in [0.3, 0.4) is 0 Å². The molecule has 45 heavy (non-hydrogen) atoms. The lowest BCUT2D eigenvalue weighted by molar-refractivity contribution is -0.136. The Labute approximate surface area is 273 Å². The van der Waals surface area contributed by atoms with E-state index in [9.17, 15) is 14.4 Å². The van der Waals surface area contributed by atoms with E-state index in [1.54, 1.807) is 22.5 Å². The molecule has 1 N–H and O–H groups in total. The summed E-state index contributed by atoms with van der Waals surface area (Å²) >= 11 is 1.64. The molecule has 0 saturated carbocycles. The fourth-order valence-electron chi connectivity index (χ4n) is 7.00. The van der Waals surface area contributed by atoms with Crippen LogP contribution in [0.4, 0.5) is 5.69 Å². The summed E-state index contributed by atoms with van der Waals surface area (Å²) in [5.74, 6) is 0.0861. The van der Waals surface area contributed by atoms with Crippen molar-refractivity contribution in [3.05, 3.63) is 58.6 Å². The lowest BCUT2D eigenvalue weighted by Crippen LogP contribution is -2.42. The van der Waals surface area contributed by atoms with Gasteiger partial charge in [-0.3, -0.25) is 19.1 Å². The molecule has 0 radical (unpaired) electrons. The molecular weight excluding hydrogens is 586 g/mol. The van der Waals surface area contributed by atoms with Crippen molar-refractivity contribution >= 4 is 40.4 Å². The zero-order valence-corrected chi connectivity index (χ0v) is 28.1. The van der Waals surface area contributed by atoms with Gasteiger partial charge in [0, 0.05) is 71.5 Å². The fourth-order valence-corrected chi connectivity index (χ4v) is 8.50. The largest absolute Gasteiger partial charge is 0.370 e. The summed E-state index contributed by atoms with van der Waals surface area (Å²) < 4.78 is 1.79. The third-order valence-electron chi connectivity index (χ3n) is 9.71. The molecule has 3 saturated heterocycles. The Morgan fingerprint density at radius 2 is 1.82 bits per heavy atom. The highest BCUT2D eigenvalue weighted by Crippen LogP contribution is 2.48. The van der Waals surface area contributed by atoms with E-state index < -0.39 is 5.25 Å². The summed E-state index contributed by atoms with van der Waals surface area (Å²) in [6.07, 6.45) is 5.26. The van der Waals surface area contributed by atoms with Gasteiger partial charge in [0.05, 0.1) is 10.8 Å². The van der Waals surface area contributed by atoms with Crippen LogP contribution in [0.25, 0.3) is 11.2 Å². The normalized spacial score (nSPS) is 23.2. The number of piperidine rings is 1. The molecule has 11 heteroatoms. The minimum Gasteiger partial charge on any atom is -0.370 e. The zero-order valence-electron chi connectivity index (χ0n) is 27.2. The van der Waals surface area contributed by atoms with Gasteiger partial charge in [-0.25, -0.2) is 9.78 Å². The average Bonchev–Trinajstić information content (AvgIpc) is 3.71. The number of likely N-dealkylation sites (tertiary alicyclic amines) is 1. The van der Waals surface area contributed by atoms with Gasteiger partial charge in [0.15, 0.2) is 5.65 Å². The Morgan fingerprint density at radius 1 is 1.07 bits per heavy atom. The van der Waals surface area contributed by atoms with E-state index in [1.165, 1.54) is 11.3 Å². The van der Waals surface area contributed by atoms with Gasteiger partial charge in [-0.15, -0.1) is 11.8 Å². The number of fused-ring (bicyclic) bond motifs is 1. The molecule has 3 aliphatic heterocycles. The van der Waals surface area contributed by atoms with E-state index in [1.807, 2.05) is 21.9 Å². The lowest BCUT2D eigenvalue weighted by atomic mass is 9.92. The van der Waals surface area contributed by atoms with Gasteiger partial charge in [-0.2, -0.15) is 0 Å². The number of aromatic nitrogens is 3. The first kappa shape index (κ1) is 31.7. The van der Waals surface area contributed by atoms with E-state index in [4.69, 9.17) is 0 Å². The number of nitrogens with one attached hydrogen (secondary N) is 1. The SMILES string of the molecule is CN(C)[C@H]1CCN(c2ccccc2C2SC(CC(=O)N3CCC(n4c(=O)[nH]c5ncccc54)CC3)C(=O)N2CCC(C)(C)C)C1.[HH].[HH]. The maximum Gasteiger partial charge on any atom is 0.327 e. The smallest absolute Gasteiger partial charge is 0.327 e. The van der Waals surface area contributed by atoms with Gasteiger partial charge in [0.25, 0.3) is 0 Å². The maximum atomic E-state index is 14.0. The van der Waals surface area contributed by atoms with Crippen LogP contribution in [0.1, 0.15) is 72.7 Å². The van der Waals surface area contributed by atoms with E-state index in [0.717, 1.165) is 31.4 Å². The molecule has 2 amide bonds. The number of pyridine rings is 1. The predicted octanol–water partition coefficient (Wildman–Crippen LogP) is 4.99. The molecule has 0 bridgehead atoms. The van der Waals surface area contributed by atoms with Crippen molar-refractivity contribution in [3.63, 3.8) is 0 Å². The third kappa shape index (κ3) is 6.65. The van der Waals surface area contributed by atoms with Crippen LogP contribution in [0.5, 0.6) is 0 Å². The molecule has 3 aliphatic rings. The van der Waals surface area contributed by atoms with E-state index in [2.05, 4.69) is 78.9 Å². The Hall–Kier alpha value is -3.31. The maximum absolute atomic E-state index is 14.0. The topological polar surface area (TPSA) is 97.8 Å². The summed E-state index contributed by atoms with van der Waals surface area (Å²) in [6, 6.07) is 12.8. The number of nitrogens with zero attached hydrogens (tertiary/aromatic N) is 6. The average molecular weight is 638 g/mol. The number of hydrogen-bond donors (Lipinski definition) is 1. The lowest BCUT2D eigenvalue weighted by Gasteiger charge is -2.33. The number of thioether (sulfide) groups is 1. The predicted molar refractivity (Wildman–Crippen MR) is 185 cm³/mol. The Balaban J connectivity index is 0.00000250. The van der Waals surface area contributed by atoms with Crippen LogP contribution >= 0.6 is 11.8 Å². The highest BCUT2D eigenvalue weighted by Gasteiger charge is 2.44. The summed E-state index contributed by atoms with van der Waals surface area (Å²) in [4.78, 5) is 56.2. The minimum absolute atomic E-state index is 0. The molecule has 0 spiro atoms. The van der Waals surface area contributed by atoms with E-state index in [0.29, 0.717) is 44.2 Å². The number of amides is 2. The van der Waals surface area contributed by atoms with Crippen molar-refractivity contribution < 1.29 is 12.4 Å². The van der Waals surface area contributed by atoms with Crippen LogP contribution < -0.4 is 10.6 Å². The number of H-pyrrole nitrogens is 1. The molecular formula is C34H51N7O3S. The van der Waals surface area contributed by atoms with Crippen molar-refractivity contribution in [2.45, 2.75) is 75.6 Å². The van der Waals surface area contributed by atoms with Gasteiger partial charge in [0.2, 0.25) is 11.8 Å². The quantitative estimate of drug-likeness (QED) is 0.372. The summed E-state index contributed by atoms with van der Waals surface area (Å²) in [5, 5.41) is -0.538. The first-order valence-corrected chi connectivity index (χ1v) is 17.2. The standard InChI is InChI=1S/C34H47N7O3S.2H2/c1-34(2,3)15-20-40-31(43)28(45-32(40)25-9-6-7-10-26(25)39-19-14-24(22-39)37(4)5)21-29(42)38-17-12-23(13-18-38)41-27-11-8-16-35-30(27)36-33(41)44;;/h6-11,16,23-24,28,32H,12-15,17-22H2,1-5H3,(H,35,36,44);2*1H/t24-,28?,32?;;/m0../s1. The Morgan fingerprint density at radius 3 is 2.53 bits per heavy atom. The van der Waals surface area contributed by atoms with Crippen molar-refractivity contribution in [2.24, 2.45) is 5.41 Å². The number of aromatic amines is 1. The Kier molecular flexibility index (Phi) is 9.03. The van der Waals surface area contributed by atoms with Crippen LogP contribution in [0, 0.1) is 5.41 Å². The van der Waals surface area contributed by atoms with Crippen molar-refractivity contribution in [3.8, 4) is 0 Å². The second-order valence-electron chi connectivity index (χ2n) is 14.2. The number of carbonyl (C=O) groups excluding carboxylic acids is 2. The van der Waals surface area contributed by atoms with Crippen molar-refractivity contribution in [1.29, 1.82) is 0 Å². The molecule has 3 fully saturated rings. The first-order chi connectivity index (χ1) is 21.5. The highest BCUT2D eigenvalue weighted by molar-refractivity contribution is 8.01. The van der Waals surface area contributed by atoms with Gasteiger partial charge in [-0.05, 0) is 63.4 Å². The van der Waals surface area contributed by atoms with Crippen LogP contribution in [-0.2, 0) is 9.59 Å². The highest BCUT2D eigenvalue weighted by atomic mass is 32.2. The third-order valence-corrected chi connectivity index (χ3v) is 11.2. The second kappa shape index (κ2) is 12.8. The number of carbonyl (C=O) groups is 2. The molecule has 3 atom stereocenters. The second-order valence-corrected chi connectivity index (χ2v) is 15.5. The summed E-state index contributed by atoms with van der Waals surface area (Å²) in [6.45, 7) is 10.4. The number of rotatable bonds is 8. The molecule has 2 aromatic heterocycles. The molecule has 246 valence electrons. The number of hydrogen-bond acceptors (Lipinski definition) is 7. The first-order valence-electron chi connectivity index (χ1n) is 16.3. The number of anilines is 1. The summed E-state index contributed by atoms with van der Waals surface area (Å²) in [7, 11) is 4.28. The molecule has 6 rings (SSSR count). The van der Waals surface area contributed by atoms with Crippen LogP contribution in [0.15, 0.2) is 47.4 Å². The fraction of sp³-hybridized carbons (Fsp3) is 0.588. The van der Waals surface area contributed by atoms with Crippen molar-refractivity contribution in [1.82, 2.24) is 29.2 Å². The van der Waals surface area contributed by atoms with Crippen molar-refractivity contribution in [2.75, 3.05) is 51.7 Å².